The summed E-state index contributed by atoms with van der Waals surface area (Å²) in [6.07, 6.45) is 0.350. The minimum atomic E-state index is -0.306. The summed E-state index contributed by atoms with van der Waals surface area (Å²) < 4.78 is 12.9. The van der Waals surface area contributed by atoms with Gasteiger partial charge in [-0.25, -0.2) is 4.39 Å². The van der Waals surface area contributed by atoms with Gasteiger partial charge in [0.1, 0.15) is 5.82 Å². The van der Waals surface area contributed by atoms with Crippen LogP contribution in [0.25, 0.3) is 0 Å². The molecule has 2 rings (SSSR count). The lowest BCUT2D eigenvalue weighted by molar-refractivity contribution is -0.121. The summed E-state index contributed by atoms with van der Waals surface area (Å²) in [5.41, 5.74) is 0.829. The second-order valence-electron chi connectivity index (χ2n) is 5.17. The summed E-state index contributed by atoms with van der Waals surface area (Å²) in [4.78, 5) is 25.6. The molecule has 3 nitrogen and oxygen atoms in total. The maximum Gasteiger partial charge on any atom is 0.220 e. The molecule has 0 fully saturated rings. The molecular formula is C17H18FNO2S. The molecule has 0 bridgehead atoms. The van der Waals surface area contributed by atoms with Crippen molar-refractivity contribution in [3.63, 3.8) is 0 Å². The number of halogens is 1. The van der Waals surface area contributed by atoms with Crippen LogP contribution in [0.4, 0.5) is 4.39 Å². The smallest absolute Gasteiger partial charge is 0.220 e. The summed E-state index contributed by atoms with van der Waals surface area (Å²) in [6.45, 7) is 3.77. The number of carbonyl (C=O) groups excluding carboxylic acids is 2. The van der Waals surface area contributed by atoms with Crippen LogP contribution in [0.15, 0.2) is 36.4 Å². The summed E-state index contributed by atoms with van der Waals surface area (Å²) in [5.74, 6) is -0.500. The second kappa shape index (κ2) is 7.31. The molecule has 0 spiro atoms. The van der Waals surface area contributed by atoms with Crippen LogP contribution in [0.5, 0.6) is 0 Å². The lowest BCUT2D eigenvalue weighted by atomic mass is 10.1. The Kier molecular flexibility index (Phi) is 5.44. The van der Waals surface area contributed by atoms with E-state index in [1.54, 1.807) is 18.2 Å². The molecule has 1 atom stereocenters. The zero-order valence-corrected chi connectivity index (χ0v) is 13.4. The van der Waals surface area contributed by atoms with Gasteiger partial charge < -0.3 is 5.32 Å². The third-order valence-corrected chi connectivity index (χ3v) is 4.38. The van der Waals surface area contributed by atoms with Crippen molar-refractivity contribution < 1.29 is 14.0 Å². The number of Topliss-reactive ketones (excluding diaryl/α,β-unsaturated/α-hetero) is 1. The molecule has 0 saturated carbocycles. The first kappa shape index (κ1) is 16.4. The molecule has 0 aliphatic carbocycles. The Bertz CT molecular complexity index is 664. The van der Waals surface area contributed by atoms with Gasteiger partial charge in [0.05, 0.1) is 10.9 Å². The molecule has 1 aromatic carbocycles. The van der Waals surface area contributed by atoms with E-state index in [2.05, 4.69) is 5.32 Å². The lowest BCUT2D eigenvalue weighted by Gasteiger charge is -2.14. The van der Waals surface area contributed by atoms with Gasteiger partial charge in [0.25, 0.3) is 0 Å². The number of hydrogen-bond acceptors (Lipinski definition) is 3. The molecule has 1 heterocycles. The summed E-state index contributed by atoms with van der Waals surface area (Å²) >= 11 is 1.44. The van der Waals surface area contributed by atoms with Gasteiger partial charge in [-0.2, -0.15) is 0 Å². The Morgan fingerprint density at radius 2 is 1.82 bits per heavy atom. The SMILES string of the molecule is Cc1ccc(C(=O)CCC(=O)NC(C)c2ccc(F)cc2)s1. The predicted molar refractivity (Wildman–Crippen MR) is 85.6 cm³/mol. The predicted octanol–water partition coefficient (Wildman–Crippen LogP) is 4.04. The van der Waals surface area contributed by atoms with Crippen molar-refractivity contribution in [2.75, 3.05) is 0 Å². The molecule has 1 amide bonds. The summed E-state index contributed by atoms with van der Waals surface area (Å²) in [6, 6.07) is 9.48. The standard InChI is InChI=1S/C17H18FNO2S/c1-11-3-9-16(22-11)15(20)8-10-17(21)19-12(2)13-4-6-14(18)7-5-13/h3-7,9,12H,8,10H2,1-2H3,(H,19,21). The summed E-state index contributed by atoms with van der Waals surface area (Å²) in [7, 11) is 0. The number of nitrogens with one attached hydrogen (secondary N) is 1. The van der Waals surface area contributed by atoms with Crippen molar-refractivity contribution in [1.29, 1.82) is 0 Å². The minimum Gasteiger partial charge on any atom is -0.350 e. The Morgan fingerprint density at radius 3 is 2.41 bits per heavy atom. The third-order valence-electron chi connectivity index (χ3n) is 3.34. The van der Waals surface area contributed by atoms with Gasteiger partial charge in [0, 0.05) is 17.7 Å². The van der Waals surface area contributed by atoms with E-state index in [4.69, 9.17) is 0 Å². The van der Waals surface area contributed by atoms with E-state index < -0.39 is 0 Å². The number of amides is 1. The molecular weight excluding hydrogens is 301 g/mol. The van der Waals surface area contributed by atoms with Crippen LogP contribution in [0.3, 0.4) is 0 Å². The maximum atomic E-state index is 12.9. The van der Waals surface area contributed by atoms with E-state index in [-0.39, 0.29) is 36.4 Å². The van der Waals surface area contributed by atoms with Crippen molar-refractivity contribution in [1.82, 2.24) is 5.32 Å². The molecule has 0 radical (unpaired) electrons. The van der Waals surface area contributed by atoms with Gasteiger partial charge in [-0.1, -0.05) is 12.1 Å². The van der Waals surface area contributed by atoms with Gasteiger partial charge in [-0.15, -0.1) is 11.3 Å². The monoisotopic (exact) mass is 319 g/mol. The van der Waals surface area contributed by atoms with Gasteiger partial charge in [-0.05, 0) is 43.7 Å². The van der Waals surface area contributed by atoms with E-state index in [0.29, 0.717) is 4.88 Å². The molecule has 0 aliphatic heterocycles. The molecule has 1 unspecified atom stereocenters. The van der Waals surface area contributed by atoms with Gasteiger partial charge >= 0.3 is 0 Å². The Balaban J connectivity index is 1.82. The van der Waals surface area contributed by atoms with Crippen molar-refractivity contribution in [2.45, 2.75) is 32.7 Å². The fraction of sp³-hybridized carbons (Fsp3) is 0.294. The number of carbonyl (C=O) groups is 2. The van der Waals surface area contributed by atoms with E-state index in [1.165, 1.54) is 23.5 Å². The van der Waals surface area contributed by atoms with Crippen molar-refractivity contribution in [2.24, 2.45) is 0 Å². The first-order chi connectivity index (χ1) is 10.5. The van der Waals surface area contributed by atoms with E-state index in [9.17, 15) is 14.0 Å². The molecule has 0 saturated heterocycles. The number of hydrogen-bond donors (Lipinski definition) is 1. The number of aryl methyl sites for hydroxylation is 1. The van der Waals surface area contributed by atoms with E-state index in [1.807, 2.05) is 19.9 Å². The van der Waals surface area contributed by atoms with Crippen molar-refractivity contribution in [3.05, 3.63) is 57.5 Å². The second-order valence-corrected chi connectivity index (χ2v) is 6.46. The average Bonchev–Trinajstić information content (AvgIpc) is 2.92. The fourth-order valence-corrected chi connectivity index (χ4v) is 2.92. The first-order valence-electron chi connectivity index (χ1n) is 7.10. The van der Waals surface area contributed by atoms with Gasteiger partial charge in [0.2, 0.25) is 5.91 Å². The van der Waals surface area contributed by atoms with Crippen LogP contribution >= 0.6 is 11.3 Å². The van der Waals surface area contributed by atoms with E-state index in [0.717, 1.165) is 10.4 Å². The molecule has 1 aromatic heterocycles. The molecule has 2 aromatic rings. The highest BCUT2D eigenvalue weighted by Gasteiger charge is 2.13. The molecule has 1 N–H and O–H groups in total. The van der Waals surface area contributed by atoms with Crippen molar-refractivity contribution in [3.8, 4) is 0 Å². The minimum absolute atomic E-state index is 0.0114. The maximum absolute atomic E-state index is 12.9. The van der Waals surface area contributed by atoms with Crippen molar-refractivity contribution >= 4 is 23.0 Å². The number of thiophene rings is 1. The van der Waals surface area contributed by atoms with Crippen LogP contribution in [0.2, 0.25) is 0 Å². The highest BCUT2D eigenvalue weighted by Crippen LogP contribution is 2.18. The van der Waals surface area contributed by atoms with Crippen LogP contribution < -0.4 is 5.32 Å². The Labute approximate surface area is 133 Å². The number of rotatable bonds is 6. The van der Waals surface area contributed by atoms with Crippen LogP contribution in [-0.2, 0) is 4.79 Å². The van der Waals surface area contributed by atoms with Crippen LogP contribution in [-0.4, -0.2) is 11.7 Å². The fourth-order valence-electron chi connectivity index (χ4n) is 2.08. The highest BCUT2D eigenvalue weighted by molar-refractivity contribution is 7.14. The zero-order chi connectivity index (χ0) is 16.1. The molecule has 0 aliphatic rings. The molecule has 22 heavy (non-hydrogen) atoms. The first-order valence-corrected chi connectivity index (χ1v) is 7.92. The number of benzene rings is 1. The van der Waals surface area contributed by atoms with Gasteiger partial charge in [0.15, 0.2) is 5.78 Å². The zero-order valence-electron chi connectivity index (χ0n) is 12.6. The normalized spacial score (nSPS) is 12.0. The van der Waals surface area contributed by atoms with Crippen LogP contribution in [0.1, 0.15) is 45.9 Å². The lowest BCUT2D eigenvalue weighted by Crippen LogP contribution is -2.26. The quantitative estimate of drug-likeness (QED) is 0.817. The topological polar surface area (TPSA) is 46.2 Å². The Hall–Kier alpha value is -2.01. The number of ketones is 1. The average molecular weight is 319 g/mol. The summed E-state index contributed by atoms with van der Waals surface area (Å²) in [5, 5.41) is 2.82. The largest absolute Gasteiger partial charge is 0.350 e. The van der Waals surface area contributed by atoms with E-state index >= 15 is 0 Å². The third kappa shape index (κ3) is 4.49. The highest BCUT2D eigenvalue weighted by atomic mass is 32.1. The molecule has 116 valence electrons. The Morgan fingerprint density at radius 1 is 1.14 bits per heavy atom. The van der Waals surface area contributed by atoms with Gasteiger partial charge in [-0.3, -0.25) is 9.59 Å². The van der Waals surface area contributed by atoms with Crippen LogP contribution in [0, 0.1) is 12.7 Å². The molecule has 5 heteroatoms.